The van der Waals surface area contributed by atoms with Gasteiger partial charge in [0.05, 0.1) is 6.04 Å². The Bertz CT molecular complexity index is 880. The maximum Gasteiger partial charge on any atom is 0.161 e. The van der Waals surface area contributed by atoms with Gasteiger partial charge < -0.3 is 10.1 Å². The van der Waals surface area contributed by atoms with Crippen LogP contribution in [0.4, 0.5) is 5.69 Å². The van der Waals surface area contributed by atoms with Gasteiger partial charge in [0.15, 0.2) is 5.17 Å². The van der Waals surface area contributed by atoms with E-state index in [1.165, 1.54) is 5.56 Å². The molecule has 27 heavy (non-hydrogen) atoms. The number of aliphatic imine (C=N–C) groups is 1. The van der Waals surface area contributed by atoms with Crippen molar-refractivity contribution >= 4 is 34.2 Å². The lowest BCUT2D eigenvalue weighted by molar-refractivity contribution is 0.483. The number of amidine groups is 1. The molecule has 0 spiro atoms. The number of nitrogens with zero attached hydrogens (tertiary/aromatic N) is 1. The summed E-state index contributed by atoms with van der Waals surface area (Å²) in [6.45, 7) is 2.09. The molecule has 1 atom stereocenters. The lowest BCUT2D eigenvalue weighted by Crippen LogP contribution is -2.09. The van der Waals surface area contributed by atoms with E-state index >= 15 is 0 Å². The Morgan fingerprint density at radius 2 is 1.52 bits per heavy atom. The molecule has 3 rings (SSSR count). The fourth-order valence-electron chi connectivity index (χ4n) is 2.49. The summed E-state index contributed by atoms with van der Waals surface area (Å²) in [5.74, 6) is 1.52. The SMILES string of the molecule is CSC(=N[C@@H](C)c1ccccc1)Nc1ccc(Oc2ccc(Cl)cc2)cc1. The van der Waals surface area contributed by atoms with Crippen molar-refractivity contribution in [3.05, 3.63) is 89.4 Å². The number of nitrogens with one attached hydrogen (secondary N) is 1. The lowest BCUT2D eigenvalue weighted by atomic mass is 10.1. The van der Waals surface area contributed by atoms with Gasteiger partial charge in [0.1, 0.15) is 11.5 Å². The van der Waals surface area contributed by atoms with Crippen LogP contribution in [0.2, 0.25) is 5.02 Å². The highest BCUT2D eigenvalue weighted by molar-refractivity contribution is 8.13. The first-order valence-corrected chi connectivity index (χ1v) is 10.2. The number of anilines is 1. The molecule has 0 fully saturated rings. The van der Waals surface area contributed by atoms with E-state index in [9.17, 15) is 0 Å². The fraction of sp³-hybridized carbons (Fsp3) is 0.136. The smallest absolute Gasteiger partial charge is 0.161 e. The van der Waals surface area contributed by atoms with Gasteiger partial charge >= 0.3 is 0 Å². The molecule has 3 nitrogen and oxygen atoms in total. The molecular formula is C22H21ClN2OS. The second-order valence-corrected chi connectivity index (χ2v) is 7.16. The third-order valence-corrected chi connectivity index (χ3v) is 4.79. The molecule has 0 heterocycles. The number of hydrogen-bond donors (Lipinski definition) is 1. The van der Waals surface area contributed by atoms with E-state index < -0.39 is 0 Å². The lowest BCUT2D eigenvalue weighted by Gasteiger charge is -2.12. The zero-order valence-electron chi connectivity index (χ0n) is 15.2. The molecule has 3 aromatic rings. The Balaban J connectivity index is 1.65. The number of hydrogen-bond acceptors (Lipinski definition) is 3. The van der Waals surface area contributed by atoms with Crippen molar-refractivity contribution in [1.82, 2.24) is 0 Å². The minimum Gasteiger partial charge on any atom is -0.457 e. The summed E-state index contributed by atoms with van der Waals surface area (Å²) in [4.78, 5) is 4.78. The van der Waals surface area contributed by atoms with Gasteiger partial charge in [-0.05, 0) is 67.3 Å². The van der Waals surface area contributed by atoms with Gasteiger partial charge in [0.25, 0.3) is 0 Å². The highest BCUT2D eigenvalue weighted by atomic mass is 35.5. The molecule has 138 valence electrons. The van der Waals surface area contributed by atoms with Crippen molar-refractivity contribution in [2.75, 3.05) is 11.6 Å². The molecule has 0 bridgehead atoms. The van der Waals surface area contributed by atoms with Crippen molar-refractivity contribution in [3.8, 4) is 11.5 Å². The number of ether oxygens (including phenoxy) is 1. The summed E-state index contributed by atoms with van der Waals surface area (Å²) in [7, 11) is 0. The third kappa shape index (κ3) is 5.78. The van der Waals surface area contributed by atoms with E-state index in [1.807, 2.05) is 73.0 Å². The quantitative estimate of drug-likeness (QED) is 0.371. The molecule has 0 amide bonds. The van der Waals surface area contributed by atoms with E-state index in [-0.39, 0.29) is 6.04 Å². The fourth-order valence-corrected chi connectivity index (χ4v) is 3.10. The Labute approximate surface area is 169 Å². The molecule has 0 aliphatic rings. The van der Waals surface area contributed by atoms with Gasteiger partial charge in [-0.3, -0.25) is 4.99 Å². The van der Waals surface area contributed by atoms with Crippen LogP contribution in [0.5, 0.6) is 11.5 Å². The largest absolute Gasteiger partial charge is 0.457 e. The third-order valence-electron chi connectivity index (χ3n) is 3.94. The molecule has 0 saturated heterocycles. The van der Waals surface area contributed by atoms with Gasteiger partial charge in [-0.15, -0.1) is 0 Å². The summed E-state index contributed by atoms with van der Waals surface area (Å²) >= 11 is 7.49. The van der Waals surface area contributed by atoms with Crippen molar-refractivity contribution in [2.45, 2.75) is 13.0 Å². The maximum absolute atomic E-state index is 5.90. The van der Waals surface area contributed by atoms with Crippen molar-refractivity contribution in [3.63, 3.8) is 0 Å². The zero-order chi connectivity index (χ0) is 19.1. The molecule has 0 radical (unpaired) electrons. The van der Waals surface area contributed by atoms with Crippen molar-refractivity contribution in [1.29, 1.82) is 0 Å². The van der Waals surface area contributed by atoms with E-state index in [1.54, 1.807) is 11.8 Å². The molecule has 0 aliphatic carbocycles. The van der Waals surface area contributed by atoms with Gasteiger partial charge in [-0.25, -0.2) is 0 Å². The second-order valence-electron chi connectivity index (χ2n) is 5.93. The molecule has 0 saturated carbocycles. The van der Waals surface area contributed by atoms with Crippen LogP contribution in [-0.4, -0.2) is 11.4 Å². The van der Waals surface area contributed by atoms with Crippen LogP contribution in [0, 0.1) is 0 Å². The first-order valence-electron chi connectivity index (χ1n) is 8.61. The molecule has 1 N–H and O–H groups in total. The highest BCUT2D eigenvalue weighted by Crippen LogP contribution is 2.25. The van der Waals surface area contributed by atoms with E-state index in [0.29, 0.717) is 5.02 Å². The highest BCUT2D eigenvalue weighted by Gasteiger charge is 2.06. The van der Waals surface area contributed by atoms with Gasteiger partial charge in [-0.2, -0.15) is 0 Å². The van der Waals surface area contributed by atoms with Crippen LogP contribution in [0.3, 0.4) is 0 Å². The Morgan fingerprint density at radius 1 is 0.926 bits per heavy atom. The Hall–Kier alpha value is -2.43. The van der Waals surface area contributed by atoms with E-state index in [0.717, 1.165) is 22.4 Å². The van der Waals surface area contributed by atoms with Crippen LogP contribution in [0.15, 0.2) is 83.9 Å². The molecule has 3 aromatic carbocycles. The van der Waals surface area contributed by atoms with Crippen LogP contribution in [-0.2, 0) is 0 Å². The van der Waals surface area contributed by atoms with Gasteiger partial charge in [0.2, 0.25) is 0 Å². The molecule has 5 heteroatoms. The summed E-state index contributed by atoms with van der Waals surface area (Å²) < 4.78 is 5.82. The van der Waals surface area contributed by atoms with E-state index in [2.05, 4.69) is 24.4 Å². The van der Waals surface area contributed by atoms with Crippen LogP contribution in [0.1, 0.15) is 18.5 Å². The average molecular weight is 397 g/mol. The molecule has 0 aliphatic heterocycles. The zero-order valence-corrected chi connectivity index (χ0v) is 16.8. The number of thioether (sulfide) groups is 1. The maximum atomic E-state index is 5.90. The molecule has 0 unspecified atom stereocenters. The average Bonchev–Trinajstić information content (AvgIpc) is 2.71. The topological polar surface area (TPSA) is 33.6 Å². The van der Waals surface area contributed by atoms with E-state index in [4.69, 9.17) is 21.3 Å². The standard InChI is InChI=1S/C22H21ClN2OS/c1-16(17-6-4-3-5-7-17)24-22(27-2)25-19-10-14-21(15-11-19)26-20-12-8-18(23)9-13-20/h3-16H,1-2H3,(H,24,25)/t16-/m0/s1. The molecule has 0 aromatic heterocycles. The first kappa shape index (κ1) is 19.3. The van der Waals surface area contributed by atoms with Crippen molar-refractivity contribution in [2.24, 2.45) is 4.99 Å². The summed E-state index contributed by atoms with van der Waals surface area (Å²) in [6.07, 6.45) is 2.02. The van der Waals surface area contributed by atoms with Gasteiger partial charge in [0, 0.05) is 10.7 Å². The monoisotopic (exact) mass is 396 g/mol. The summed E-state index contributed by atoms with van der Waals surface area (Å²) in [6, 6.07) is 25.5. The molecular weight excluding hydrogens is 376 g/mol. The van der Waals surface area contributed by atoms with Crippen LogP contribution in [0.25, 0.3) is 0 Å². The Kier molecular flexibility index (Phi) is 6.80. The minimum atomic E-state index is 0.0914. The van der Waals surface area contributed by atoms with Crippen molar-refractivity contribution < 1.29 is 4.74 Å². The number of halogens is 1. The summed E-state index contributed by atoms with van der Waals surface area (Å²) in [5.41, 5.74) is 2.16. The predicted molar refractivity (Wildman–Crippen MR) is 117 cm³/mol. The Morgan fingerprint density at radius 3 is 2.11 bits per heavy atom. The number of benzene rings is 3. The normalized spacial score (nSPS) is 12.5. The van der Waals surface area contributed by atoms with Crippen LogP contribution < -0.4 is 10.1 Å². The minimum absolute atomic E-state index is 0.0914. The number of rotatable bonds is 5. The van der Waals surface area contributed by atoms with Gasteiger partial charge in [-0.1, -0.05) is 53.7 Å². The summed E-state index contributed by atoms with van der Waals surface area (Å²) in [5, 5.41) is 4.93. The predicted octanol–water partition coefficient (Wildman–Crippen LogP) is 7.02. The second kappa shape index (κ2) is 9.49. The first-order chi connectivity index (χ1) is 13.1. The van der Waals surface area contributed by atoms with Crippen LogP contribution >= 0.6 is 23.4 Å².